The standard InChI is InChI=1S/C21H29FN2O3/c1-24-19(25)15-27-21-9-6-20(7-10-21,8-11-21)17-2-4-18(5-3-17)26-14-16(12-22)13-23/h2-5,12H,6-11,13-15,23H2,1H3,(H,24,25)/b16-12+. The van der Waals surface area contributed by atoms with Crippen molar-refractivity contribution in [3.63, 3.8) is 0 Å². The summed E-state index contributed by atoms with van der Waals surface area (Å²) < 4.78 is 24.2. The zero-order valence-corrected chi connectivity index (χ0v) is 15.9. The Balaban J connectivity index is 1.59. The molecule has 148 valence electrons. The van der Waals surface area contributed by atoms with Crippen LogP contribution in [-0.2, 0) is 14.9 Å². The summed E-state index contributed by atoms with van der Waals surface area (Å²) in [6.45, 7) is 0.470. The molecule has 0 atom stereocenters. The zero-order valence-electron chi connectivity index (χ0n) is 15.9. The van der Waals surface area contributed by atoms with E-state index in [-0.39, 0.29) is 36.7 Å². The molecule has 3 aliphatic carbocycles. The summed E-state index contributed by atoms with van der Waals surface area (Å²) in [7, 11) is 1.63. The Morgan fingerprint density at radius 2 is 1.78 bits per heavy atom. The molecule has 1 aromatic rings. The van der Waals surface area contributed by atoms with E-state index in [0.29, 0.717) is 11.9 Å². The molecule has 4 rings (SSSR count). The number of likely N-dealkylation sites (N-methyl/N-ethyl adjacent to an activating group) is 1. The van der Waals surface area contributed by atoms with Gasteiger partial charge in [-0.3, -0.25) is 4.79 Å². The van der Waals surface area contributed by atoms with Crippen LogP contribution in [0.3, 0.4) is 0 Å². The average molecular weight is 376 g/mol. The number of ether oxygens (including phenoxy) is 2. The van der Waals surface area contributed by atoms with E-state index in [0.717, 1.165) is 44.3 Å². The zero-order chi connectivity index (χ0) is 19.3. The van der Waals surface area contributed by atoms with Crippen LogP contribution in [0.4, 0.5) is 4.39 Å². The fourth-order valence-corrected chi connectivity index (χ4v) is 4.31. The van der Waals surface area contributed by atoms with Crippen molar-refractivity contribution < 1.29 is 18.7 Å². The molecule has 3 fully saturated rings. The van der Waals surface area contributed by atoms with Crippen LogP contribution in [0.15, 0.2) is 36.2 Å². The Morgan fingerprint density at radius 1 is 1.15 bits per heavy atom. The van der Waals surface area contributed by atoms with Crippen molar-refractivity contribution in [2.45, 2.75) is 49.5 Å². The minimum Gasteiger partial charge on any atom is -0.489 e. The summed E-state index contributed by atoms with van der Waals surface area (Å²) >= 11 is 0. The molecule has 0 saturated heterocycles. The minimum absolute atomic E-state index is 0.0669. The quantitative estimate of drug-likeness (QED) is 0.732. The summed E-state index contributed by atoms with van der Waals surface area (Å²) in [6.07, 6.45) is 6.70. The molecule has 3 saturated carbocycles. The number of hydrogen-bond donors (Lipinski definition) is 2. The topological polar surface area (TPSA) is 73.6 Å². The van der Waals surface area contributed by atoms with Crippen LogP contribution in [0.25, 0.3) is 0 Å². The number of halogens is 1. The fraction of sp³-hybridized carbons (Fsp3) is 0.571. The molecule has 0 radical (unpaired) electrons. The van der Waals surface area contributed by atoms with Crippen molar-refractivity contribution in [3.8, 4) is 5.75 Å². The van der Waals surface area contributed by atoms with E-state index < -0.39 is 0 Å². The minimum atomic E-state index is -0.130. The van der Waals surface area contributed by atoms with E-state index in [2.05, 4.69) is 17.4 Å². The van der Waals surface area contributed by atoms with Gasteiger partial charge in [-0.2, -0.15) is 0 Å². The summed E-state index contributed by atoms with van der Waals surface area (Å²) in [5.74, 6) is 0.653. The number of hydrogen-bond acceptors (Lipinski definition) is 4. The summed E-state index contributed by atoms with van der Waals surface area (Å²) in [5.41, 5.74) is 7.27. The highest BCUT2D eigenvalue weighted by atomic mass is 19.1. The van der Waals surface area contributed by atoms with Crippen LogP contribution < -0.4 is 15.8 Å². The summed E-state index contributed by atoms with van der Waals surface area (Å²) in [4.78, 5) is 11.5. The lowest BCUT2D eigenvalue weighted by Crippen LogP contribution is -2.50. The maximum Gasteiger partial charge on any atom is 0.245 e. The molecule has 3 N–H and O–H groups in total. The largest absolute Gasteiger partial charge is 0.489 e. The third-order valence-electron chi connectivity index (χ3n) is 6.27. The molecule has 0 unspecified atom stereocenters. The third kappa shape index (κ3) is 4.33. The van der Waals surface area contributed by atoms with Gasteiger partial charge in [-0.15, -0.1) is 0 Å². The van der Waals surface area contributed by atoms with Gasteiger partial charge in [0, 0.05) is 19.2 Å². The van der Waals surface area contributed by atoms with E-state index in [4.69, 9.17) is 15.2 Å². The van der Waals surface area contributed by atoms with Gasteiger partial charge in [-0.25, -0.2) is 4.39 Å². The Hall–Kier alpha value is -1.92. The highest BCUT2D eigenvalue weighted by Gasteiger charge is 2.50. The highest BCUT2D eigenvalue weighted by Crippen LogP contribution is 2.55. The Bertz CT molecular complexity index is 663. The van der Waals surface area contributed by atoms with E-state index >= 15 is 0 Å². The number of carbonyl (C=O) groups is 1. The van der Waals surface area contributed by atoms with Crippen LogP contribution in [-0.4, -0.2) is 38.3 Å². The molecule has 27 heavy (non-hydrogen) atoms. The van der Waals surface area contributed by atoms with Crippen LogP contribution >= 0.6 is 0 Å². The number of benzene rings is 1. The normalized spacial score (nSPS) is 27.4. The van der Waals surface area contributed by atoms with Gasteiger partial charge in [-0.1, -0.05) is 12.1 Å². The molecular weight excluding hydrogens is 347 g/mol. The lowest BCUT2D eigenvalue weighted by Gasteiger charge is -2.53. The van der Waals surface area contributed by atoms with Crippen molar-refractivity contribution in [2.24, 2.45) is 5.73 Å². The Labute approximate surface area is 160 Å². The van der Waals surface area contributed by atoms with Gasteiger partial charge < -0.3 is 20.5 Å². The molecule has 0 spiro atoms. The maximum absolute atomic E-state index is 12.6. The van der Waals surface area contributed by atoms with Crippen LogP contribution in [0.2, 0.25) is 0 Å². The van der Waals surface area contributed by atoms with Crippen molar-refractivity contribution in [2.75, 3.05) is 26.8 Å². The molecular formula is C21H29FN2O3. The van der Waals surface area contributed by atoms with Crippen LogP contribution in [0.1, 0.15) is 44.1 Å². The van der Waals surface area contributed by atoms with Crippen LogP contribution in [0.5, 0.6) is 5.75 Å². The first-order chi connectivity index (χ1) is 13.0. The van der Waals surface area contributed by atoms with Gasteiger partial charge in [-0.05, 0) is 61.6 Å². The number of rotatable bonds is 8. The predicted octanol–water partition coefficient (Wildman–Crippen LogP) is 2.98. The van der Waals surface area contributed by atoms with Gasteiger partial charge in [0.1, 0.15) is 19.0 Å². The van der Waals surface area contributed by atoms with Gasteiger partial charge in [0.05, 0.1) is 11.9 Å². The maximum atomic E-state index is 12.6. The van der Waals surface area contributed by atoms with Gasteiger partial charge in [0.15, 0.2) is 0 Å². The molecule has 1 amide bonds. The second-order valence-corrected chi connectivity index (χ2v) is 7.71. The third-order valence-corrected chi connectivity index (χ3v) is 6.27. The number of amides is 1. The first-order valence-electron chi connectivity index (χ1n) is 9.61. The first kappa shape index (κ1) is 19.8. The lowest BCUT2D eigenvalue weighted by atomic mass is 9.56. The highest BCUT2D eigenvalue weighted by molar-refractivity contribution is 5.76. The molecule has 0 aliphatic heterocycles. The molecule has 5 nitrogen and oxygen atoms in total. The number of nitrogens with two attached hydrogens (primary N) is 1. The van der Waals surface area contributed by atoms with Crippen molar-refractivity contribution in [3.05, 3.63) is 41.7 Å². The number of nitrogens with one attached hydrogen (secondary N) is 1. The van der Waals surface area contributed by atoms with Crippen molar-refractivity contribution in [1.29, 1.82) is 0 Å². The SMILES string of the molecule is CNC(=O)COC12CCC(c3ccc(OC/C(=C/F)CN)cc3)(CC1)CC2. The summed E-state index contributed by atoms with van der Waals surface area (Å²) in [5, 5.41) is 2.61. The summed E-state index contributed by atoms with van der Waals surface area (Å²) in [6, 6.07) is 8.16. The van der Waals surface area contributed by atoms with Crippen molar-refractivity contribution in [1.82, 2.24) is 5.32 Å². The van der Waals surface area contributed by atoms with E-state index in [9.17, 15) is 9.18 Å². The lowest BCUT2D eigenvalue weighted by molar-refractivity contribution is -0.146. The molecule has 3 aliphatic rings. The second-order valence-electron chi connectivity index (χ2n) is 7.71. The Morgan fingerprint density at radius 3 is 2.30 bits per heavy atom. The van der Waals surface area contributed by atoms with Gasteiger partial charge >= 0.3 is 0 Å². The first-order valence-corrected chi connectivity index (χ1v) is 9.61. The number of fused-ring (bicyclic) bond motifs is 3. The molecule has 6 heteroatoms. The monoisotopic (exact) mass is 376 g/mol. The fourth-order valence-electron chi connectivity index (χ4n) is 4.31. The smallest absolute Gasteiger partial charge is 0.245 e. The van der Waals surface area contributed by atoms with E-state index in [1.165, 1.54) is 5.56 Å². The second kappa shape index (κ2) is 8.40. The van der Waals surface area contributed by atoms with E-state index in [1.54, 1.807) is 7.05 Å². The average Bonchev–Trinajstić information content (AvgIpc) is 2.74. The Kier molecular flexibility index (Phi) is 6.17. The predicted molar refractivity (Wildman–Crippen MR) is 102 cm³/mol. The molecule has 1 aromatic carbocycles. The van der Waals surface area contributed by atoms with E-state index in [1.807, 2.05) is 12.1 Å². The molecule has 0 aromatic heterocycles. The van der Waals surface area contributed by atoms with Gasteiger partial charge in [0.2, 0.25) is 5.91 Å². The molecule has 2 bridgehead atoms. The molecule has 0 heterocycles. The van der Waals surface area contributed by atoms with Crippen LogP contribution in [0, 0.1) is 0 Å². The number of carbonyl (C=O) groups excluding carboxylic acids is 1. The van der Waals surface area contributed by atoms with Gasteiger partial charge in [0.25, 0.3) is 0 Å². The van der Waals surface area contributed by atoms with Crippen molar-refractivity contribution >= 4 is 5.91 Å².